The van der Waals surface area contributed by atoms with E-state index in [0.29, 0.717) is 12.5 Å². The summed E-state index contributed by atoms with van der Waals surface area (Å²) in [4.78, 5) is 18.4. The number of rotatable bonds is 7. The summed E-state index contributed by atoms with van der Waals surface area (Å²) in [5.41, 5.74) is 0. The first kappa shape index (κ1) is 17.3. The number of likely N-dealkylation sites (tertiary alicyclic amines) is 1. The summed E-state index contributed by atoms with van der Waals surface area (Å²) in [7, 11) is 1.71. The zero-order chi connectivity index (χ0) is 16.3. The van der Waals surface area contributed by atoms with Gasteiger partial charge in [0.25, 0.3) is 0 Å². The Balaban J connectivity index is 1.57. The second-order valence-corrected chi connectivity index (χ2v) is 5.61. The molecule has 23 heavy (non-hydrogen) atoms. The molecule has 0 aromatic carbocycles. The fourth-order valence-corrected chi connectivity index (χ4v) is 2.56. The van der Waals surface area contributed by atoms with E-state index in [-0.39, 0.29) is 12.5 Å². The van der Waals surface area contributed by atoms with Gasteiger partial charge in [0, 0.05) is 20.1 Å². The molecule has 7 nitrogen and oxygen atoms in total. The van der Waals surface area contributed by atoms with E-state index in [1.54, 1.807) is 19.4 Å². The predicted octanol–water partition coefficient (Wildman–Crippen LogP) is 0.547. The van der Waals surface area contributed by atoms with E-state index >= 15 is 0 Å². The quantitative estimate of drug-likeness (QED) is 0.505. The number of furan rings is 1. The molecule has 1 aliphatic rings. The molecule has 1 aliphatic heterocycles. The van der Waals surface area contributed by atoms with Crippen molar-refractivity contribution in [2.24, 2.45) is 4.99 Å². The number of nitrogens with zero attached hydrogens (tertiary/aromatic N) is 2. The topological polar surface area (TPSA) is 81.9 Å². The SMILES string of the molecule is CN=C(NCCN1CCCCC1)NCC(=O)NCc1ccco1. The molecule has 2 rings (SSSR count). The number of guanidine groups is 1. The van der Waals surface area contributed by atoms with Gasteiger partial charge in [0.1, 0.15) is 5.76 Å². The molecule has 1 aromatic rings. The highest BCUT2D eigenvalue weighted by molar-refractivity contribution is 5.86. The third-order valence-electron chi connectivity index (χ3n) is 3.85. The van der Waals surface area contributed by atoms with Crippen molar-refractivity contribution in [3.05, 3.63) is 24.2 Å². The third kappa shape index (κ3) is 6.73. The molecular formula is C16H27N5O2. The van der Waals surface area contributed by atoms with Gasteiger partial charge in [-0.15, -0.1) is 0 Å². The van der Waals surface area contributed by atoms with E-state index in [1.807, 2.05) is 6.07 Å². The number of carbonyl (C=O) groups is 1. The molecule has 0 aliphatic carbocycles. The van der Waals surface area contributed by atoms with Gasteiger partial charge in [-0.05, 0) is 38.1 Å². The average molecular weight is 321 g/mol. The summed E-state index contributed by atoms with van der Waals surface area (Å²) in [5, 5.41) is 9.04. The summed E-state index contributed by atoms with van der Waals surface area (Å²) >= 11 is 0. The van der Waals surface area contributed by atoms with Gasteiger partial charge >= 0.3 is 0 Å². The molecule has 1 fully saturated rings. The van der Waals surface area contributed by atoms with Gasteiger partial charge < -0.3 is 25.3 Å². The van der Waals surface area contributed by atoms with Crippen LogP contribution in [0.5, 0.6) is 0 Å². The van der Waals surface area contributed by atoms with Crippen LogP contribution in [0.1, 0.15) is 25.0 Å². The van der Waals surface area contributed by atoms with Crippen molar-refractivity contribution in [1.82, 2.24) is 20.9 Å². The van der Waals surface area contributed by atoms with Gasteiger partial charge in [-0.1, -0.05) is 6.42 Å². The smallest absolute Gasteiger partial charge is 0.239 e. The molecule has 1 saturated heterocycles. The van der Waals surface area contributed by atoms with E-state index in [1.165, 1.54) is 32.4 Å². The van der Waals surface area contributed by atoms with Gasteiger partial charge in [-0.3, -0.25) is 9.79 Å². The molecule has 0 spiro atoms. The van der Waals surface area contributed by atoms with E-state index in [0.717, 1.165) is 18.8 Å². The molecule has 128 valence electrons. The normalized spacial score (nSPS) is 16.1. The maximum Gasteiger partial charge on any atom is 0.239 e. The summed E-state index contributed by atoms with van der Waals surface area (Å²) < 4.78 is 5.17. The van der Waals surface area contributed by atoms with Crippen LogP contribution in [0.15, 0.2) is 27.8 Å². The van der Waals surface area contributed by atoms with E-state index in [4.69, 9.17) is 4.42 Å². The van der Waals surface area contributed by atoms with Crippen molar-refractivity contribution >= 4 is 11.9 Å². The van der Waals surface area contributed by atoms with Crippen molar-refractivity contribution in [2.75, 3.05) is 39.8 Å². The van der Waals surface area contributed by atoms with Crippen LogP contribution in [0.25, 0.3) is 0 Å². The van der Waals surface area contributed by atoms with Crippen molar-refractivity contribution in [2.45, 2.75) is 25.8 Å². The summed E-state index contributed by atoms with van der Waals surface area (Å²) in [6.07, 6.45) is 5.53. The Bertz CT molecular complexity index is 481. The van der Waals surface area contributed by atoms with Crippen LogP contribution in [0.2, 0.25) is 0 Å². The van der Waals surface area contributed by atoms with Gasteiger partial charge in [-0.2, -0.15) is 0 Å². The Labute approximate surface area is 137 Å². The lowest BCUT2D eigenvalue weighted by Crippen LogP contribution is -2.45. The molecule has 7 heteroatoms. The third-order valence-corrected chi connectivity index (χ3v) is 3.85. The Hall–Kier alpha value is -2.02. The molecule has 0 unspecified atom stereocenters. The number of nitrogens with one attached hydrogen (secondary N) is 3. The van der Waals surface area contributed by atoms with Gasteiger partial charge in [0.2, 0.25) is 5.91 Å². The molecule has 0 atom stereocenters. The molecule has 0 bridgehead atoms. The van der Waals surface area contributed by atoms with E-state index in [2.05, 4.69) is 25.8 Å². The van der Waals surface area contributed by atoms with Crippen LogP contribution in [-0.2, 0) is 11.3 Å². The minimum atomic E-state index is -0.0969. The average Bonchev–Trinajstić information content (AvgIpc) is 3.10. The predicted molar refractivity (Wildman–Crippen MR) is 90.2 cm³/mol. The molecule has 3 N–H and O–H groups in total. The second-order valence-electron chi connectivity index (χ2n) is 5.61. The number of hydrogen-bond acceptors (Lipinski definition) is 4. The second kappa shape index (κ2) is 9.89. The molecule has 1 amide bonds. The minimum Gasteiger partial charge on any atom is -0.467 e. The maximum atomic E-state index is 11.8. The molecule has 0 radical (unpaired) electrons. The first-order chi connectivity index (χ1) is 11.3. The van der Waals surface area contributed by atoms with Crippen molar-refractivity contribution in [1.29, 1.82) is 0 Å². The Kier molecular flexibility index (Phi) is 7.45. The van der Waals surface area contributed by atoms with Gasteiger partial charge in [-0.25, -0.2) is 0 Å². The van der Waals surface area contributed by atoms with Crippen LogP contribution in [0.3, 0.4) is 0 Å². The van der Waals surface area contributed by atoms with Crippen molar-refractivity contribution in [3.8, 4) is 0 Å². The number of hydrogen-bond donors (Lipinski definition) is 3. The Morgan fingerprint density at radius 2 is 2.09 bits per heavy atom. The number of amides is 1. The zero-order valence-corrected chi connectivity index (χ0v) is 13.8. The van der Waals surface area contributed by atoms with E-state index in [9.17, 15) is 4.79 Å². The van der Waals surface area contributed by atoms with Crippen molar-refractivity contribution < 1.29 is 9.21 Å². The van der Waals surface area contributed by atoms with Crippen LogP contribution in [0.4, 0.5) is 0 Å². The van der Waals surface area contributed by atoms with Gasteiger partial charge in [0.15, 0.2) is 5.96 Å². The summed E-state index contributed by atoms with van der Waals surface area (Å²) in [6.45, 7) is 4.78. The molecular weight excluding hydrogens is 294 g/mol. The first-order valence-electron chi connectivity index (χ1n) is 8.24. The molecule has 1 aromatic heterocycles. The van der Waals surface area contributed by atoms with Crippen LogP contribution >= 0.6 is 0 Å². The minimum absolute atomic E-state index is 0.0969. The fraction of sp³-hybridized carbons (Fsp3) is 0.625. The summed E-state index contributed by atoms with van der Waals surface area (Å²) in [6, 6.07) is 3.63. The zero-order valence-electron chi connectivity index (χ0n) is 13.8. The molecule has 2 heterocycles. The lowest BCUT2D eigenvalue weighted by Gasteiger charge is -2.26. The van der Waals surface area contributed by atoms with Crippen LogP contribution in [-0.4, -0.2) is 56.5 Å². The van der Waals surface area contributed by atoms with Crippen LogP contribution < -0.4 is 16.0 Å². The number of carbonyl (C=O) groups excluding carboxylic acids is 1. The van der Waals surface area contributed by atoms with Gasteiger partial charge in [0.05, 0.1) is 19.4 Å². The maximum absolute atomic E-state index is 11.8. The van der Waals surface area contributed by atoms with Crippen LogP contribution in [0, 0.1) is 0 Å². The first-order valence-corrected chi connectivity index (χ1v) is 8.24. The number of aliphatic imine (C=N–C) groups is 1. The Morgan fingerprint density at radius 3 is 2.78 bits per heavy atom. The highest BCUT2D eigenvalue weighted by Gasteiger charge is 2.09. The van der Waals surface area contributed by atoms with Crippen molar-refractivity contribution in [3.63, 3.8) is 0 Å². The highest BCUT2D eigenvalue weighted by atomic mass is 16.3. The Morgan fingerprint density at radius 1 is 1.26 bits per heavy atom. The monoisotopic (exact) mass is 321 g/mol. The fourth-order valence-electron chi connectivity index (χ4n) is 2.56. The number of piperidine rings is 1. The standard InChI is InChI=1S/C16H27N5O2/c1-17-16(18-7-10-21-8-3-2-4-9-21)20-13-15(22)19-12-14-6-5-11-23-14/h5-6,11H,2-4,7-10,12-13H2,1H3,(H,19,22)(H2,17,18,20). The summed E-state index contributed by atoms with van der Waals surface area (Å²) in [5.74, 6) is 1.29. The molecule has 0 saturated carbocycles. The lowest BCUT2D eigenvalue weighted by molar-refractivity contribution is -0.120. The lowest BCUT2D eigenvalue weighted by atomic mass is 10.1. The highest BCUT2D eigenvalue weighted by Crippen LogP contribution is 2.07. The van der Waals surface area contributed by atoms with E-state index < -0.39 is 0 Å². The largest absolute Gasteiger partial charge is 0.467 e.